The van der Waals surface area contributed by atoms with Crippen LogP contribution in [0.15, 0.2) is 51.8 Å². The first kappa shape index (κ1) is 20.1. The number of likely N-dealkylation sites (tertiary alicyclic amines) is 1. The Morgan fingerprint density at radius 3 is 2.80 bits per heavy atom. The predicted molar refractivity (Wildman–Crippen MR) is 111 cm³/mol. The van der Waals surface area contributed by atoms with Gasteiger partial charge in [0.1, 0.15) is 0 Å². The molecule has 1 amide bonds. The normalized spacial score (nSPS) is 16.5. The Morgan fingerprint density at radius 2 is 2.03 bits per heavy atom. The topological polar surface area (TPSA) is 77.9 Å². The molecule has 7 heteroatoms. The van der Waals surface area contributed by atoms with E-state index in [1.807, 2.05) is 23.1 Å². The third kappa shape index (κ3) is 4.06. The molecule has 0 N–H and O–H groups in total. The smallest absolute Gasteiger partial charge is 0.276 e. The Balaban J connectivity index is 1.49. The van der Waals surface area contributed by atoms with Crippen molar-refractivity contribution in [2.75, 3.05) is 20.8 Å². The first-order valence-electron chi connectivity index (χ1n) is 10.2. The number of carbonyl (C=O) groups excluding carboxylic acids is 1. The summed E-state index contributed by atoms with van der Waals surface area (Å²) in [6.45, 7) is 0.722. The average molecular weight is 410 g/mol. The van der Waals surface area contributed by atoms with Crippen molar-refractivity contribution in [2.45, 2.75) is 38.1 Å². The molecule has 1 fully saturated rings. The Labute approximate surface area is 175 Å². The van der Waals surface area contributed by atoms with Crippen molar-refractivity contribution in [1.82, 2.24) is 9.88 Å². The first-order chi connectivity index (χ1) is 14.7. The summed E-state index contributed by atoms with van der Waals surface area (Å²) < 4.78 is 21.6. The molecule has 158 valence electrons. The summed E-state index contributed by atoms with van der Waals surface area (Å²) in [5.74, 6) is 2.22. The average Bonchev–Trinajstić information content (AvgIpc) is 3.49. The third-order valence-corrected chi connectivity index (χ3v) is 5.62. The highest BCUT2D eigenvalue weighted by atomic mass is 16.5. The van der Waals surface area contributed by atoms with Crippen molar-refractivity contribution < 1.29 is 23.1 Å². The maximum Gasteiger partial charge on any atom is 0.276 e. The van der Waals surface area contributed by atoms with Crippen molar-refractivity contribution in [3.05, 3.63) is 54.2 Å². The van der Waals surface area contributed by atoms with Gasteiger partial charge in [0.2, 0.25) is 5.76 Å². The van der Waals surface area contributed by atoms with E-state index < -0.39 is 0 Å². The molecule has 0 aliphatic carbocycles. The number of furan rings is 1. The standard InChI is InChI=1S/C23H26N2O5/c1-27-18-11-9-16(14-20(18)28-2)8-10-17-6-3-4-12-25(17)23(26)21-22(30-15-24-21)19-7-5-13-29-19/h5,7,9,11,13-15,17H,3-4,6,8,10,12H2,1-2H3. The summed E-state index contributed by atoms with van der Waals surface area (Å²) in [4.78, 5) is 19.4. The first-order valence-corrected chi connectivity index (χ1v) is 10.2. The van der Waals surface area contributed by atoms with Crippen molar-refractivity contribution in [1.29, 1.82) is 0 Å². The second-order valence-corrected chi connectivity index (χ2v) is 7.38. The van der Waals surface area contributed by atoms with Gasteiger partial charge in [-0.25, -0.2) is 4.98 Å². The molecule has 0 bridgehead atoms. The van der Waals surface area contributed by atoms with E-state index in [1.54, 1.807) is 32.6 Å². The summed E-state index contributed by atoms with van der Waals surface area (Å²) >= 11 is 0. The highest BCUT2D eigenvalue weighted by molar-refractivity contribution is 5.97. The fourth-order valence-electron chi connectivity index (χ4n) is 4.05. The van der Waals surface area contributed by atoms with Gasteiger partial charge in [0.25, 0.3) is 5.91 Å². The molecular weight excluding hydrogens is 384 g/mol. The zero-order valence-corrected chi connectivity index (χ0v) is 17.3. The van der Waals surface area contributed by atoms with Gasteiger partial charge in [-0.1, -0.05) is 6.07 Å². The Morgan fingerprint density at radius 1 is 1.17 bits per heavy atom. The molecule has 1 aromatic carbocycles. The number of hydrogen-bond donors (Lipinski definition) is 0. The van der Waals surface area contributed by atoms with E-state index in [1.165, 1.54) is 6.39 Å². The monoisotopic (exact) mass is 410 g/mol. The van der Waals surface area contributed by atoms with Crippen LogP contribution in [0.2, 0.25) is 0 Å². The van der Waals surface area contributed by atoms with Gasteiger partial charge < -0.3 is 23.2 Å². The molecule has 7 nitrogen and oxygen atoms in total. The molecule has 1 saturated heterocycles. The lowest BCUT2D eigenvalue weighted by molar-refractivity contribution is 0.0596. The SMILES string of the molecule is COc1ccc(CCC2CCCCN2C(=O)c2ncoc2-c2ccco2)cc1OC. The molecule has 1 unspecified atom stereocenters. The van der Waals surface area contributed by atoms with E-state index >= 15 is 0 Å². The molecule has 1 aliphatic heterocycles. The molecule has 0 radical (unpaired) electrons. The number of carbonyl (C=O) groups is 1. The second kappa shape index (κ2) is 9.07. The minimum Gasteiger partial charge on any atom is -0.493 e. The molecule has 3 heterocycles. The Hall–Kier alpha value is -3.22. The van der Waals surface area contributed by atoms with Crippen LogP contribution in [0.5, 0.6) is 11.5 Å². The quantitative estimate of drug-likeness (QED) is 0.567. The van der Waals surface area contributed by atoms with Gasteiger partial charge >= 0.3 is 0 Å². The molecule has 1 atom stereocenters. The van der Waals surface area contributed by atoms with Gasteiger partial charge in [-0.05, 0) is 61.9 Å². The minimum atomic E-state index is -0.104. The highest BCUT2D eigenvalue weighted by Crippen LogP contribution is 2.31. The lowest BCUT2D eigenvalue weighted by Gasteiger charge is -2.35. The molecule has 1 aliphatic rings. The van der Waals surface area contributed by atoms with Crippen LogP contribution in [-0.4, -0.2) is 42.6 Å². The van der Waals surface area contributed by atoms with Gasteiger partial charge in [-0.2, -0.15) is 0 Å². The van der Waals surface area contributed by atoms with Gasteiger partial charge in [0.05, 0.1) is 20.5 Å². The molecule has 0 saturated carbocycles. The third-order valence-electron chi connectivity index (χ3n) is 5.62. The highest BCUT2D eigenvalue weighted by Gasteiger charge is 2.31. The molecular formula is C23H26N2O5. The molecule has 2 aromatic heterocycles. The zero-order valence-electron chi connectivity index (χ0n) is 17.3. The van der Waals surface area contributed by atoms with Gasteiger partial charge in [-0.15, -0.1) is 0 Å². The van der Waals surface area contributed by atoms with Crippen molar-refractivity contribution in [2.24, 2.45) is 0 Å². The van der Waals surface area contributed by atoms with Crippen molar-refractivity contribution in [3.63, 3.8) is 0 Å². The summed E-state index contributed by atoms with van der Waals surface area (Å²) in [5, 5.41) is 0. The van der Waals surface area contributed by atoms with Crippen LogP contribution < -0.4 is 9.47 Å². The van der Waals surface area contributed by atoms with E-state index in [9.17, 15) is 4.79 Å². The van der Waals surface area contributed by atoms with Crippen molar-refractivity contribution >= 4 is 5.91 Å². The van der Waals surface area contributed by atoms with Crippen LogP contribution in [0.25, 0.3) is 11.5 Å². The number of methoxy groups -OCH3 is 2. The number of amides is 1. The number of benzene rings is 1. The number of oxazole rings is 1. The van der Waals surface area contributed by atoms with Crippen LogP contribution in [0, 0.1) is 0 Å². The van der Waals surface area contributed by atoms with Crippen LogP contribution >= 0.6 is 0 Å². The molecule has 3 aromatic rings. The number of aryl methyl sites for hydroxylation is 1. The largest absolute Gasteiger partial charge is 0.493 e. The Kier molecular flexibility index (Phi) is 6.07. The molecule has 4 rings (SSSR count). The molecule has 0 spiro atoms. The van der Waals surface area contributed by atoms with E-state index in [0.29, 0.717) is 23.0 Å². The molecule has 30 heavy (non-hydrogen) atoms. The lowest BCUT2D eigenvalue weighted by Crippen LogP contribution is -2.44. The van der Waals surface area contributed by atoms with Crippen LogP contribution in [-0.2, 0) is 6.42 Å². The maximum absolute atomic E-state index is 13.3. The van der Waals surface area contributed by atoms with E-state index in [-0.39, 0.29) is 11.9 Å². The maximum atomic E-state index is 13.3. The minimum absolute atomic E-state index is 0.104. The zero-order chi connectivity index (χ0) is 20.9. The van der Waals surface area contributed by atoms with E-state index in [2.05, 4.69) is 4.98 Å². The van der Waals surface area contributed by atoms with Crippen LogP contribution in [0.1, 0.15) is 41.7 Å². The Bertz CT molecular complexity index is 979. The summed E-state index contributed by atoms with van der Waals surface area (Å²) in [6.07, 6.45) is 7.66. The second-order valence-electron chi connectivity index (χ2n) is 7.38. The van der Waals surface area contributed by atoms with Gasteiger partial charge in [0, 0.05) is 12.6 Å². The fraction of sp³-hybridized carbons (Fsp3) is 0.391. The summed E-state index contributed by atoms with van der Waals surface area (Å²) in [5.41, 5.74) is 1.46. The van der Waals surface area contributed by atoms with Crippen molar-refractivity contribution in [3.8, 4) is 23.0 Å². The van der Waals surface area contributed by atoms with E-state index in [4.69, 9.17) is 18.3 Å². The van der Waals surface area contributed by atoms with Gasteiger partial charge in [0.15, 0.2) is 29.3 Å². The van der Waals surface area contributed by atoms with Gasteiger partial charge in [-0.3, -0.25) is 4.79 Å². The number of nitrogens with zero attached hydrogens (tertiary/aromatic N) is 2. The summed E-state index contributed by atoms with van der Waals surface area (Å²) in [6, 6.07) is 9.65. The number of ether oxygens (including phenoxy) is 2. The number of hydrogen-bond acceptors (Lipinski definition) is 6. The lowest BCUT2D eigenvalue weighted by atomic mass is 9.95. The number of rotatable bonds is 7. The predicted octanol–water partition coefficient (Wildman–Crippen LogP) is 4.58. The number of piperidine rings is 1. The number of aromatic nitrogens is 1. The van der Waals surface area contributed by atoms with Crippen LogP contribution in [0.4, 0.5) is 0 Å². The van der Waals surface area contributed by atoms with Crippen LogP contribution in [0.3, 0.4) is 0 Å². The fourth-order valence-corrected chi connectivity index (χ4v) is 4.05. The van der Waals surface area contributed by atoms with E-state index in [0.717, 1.165) is 50.0 Å². The summed E-state index contributed by atoms with van der Waals surface area (Å²) in [7, 11) is 3.27.